The van der Waals surface area contributed by atoms with Gasteiger partial charge in [-0.3, -0.25) is 10.1 Å². The summed E-state index contributed by atoms with van der Waals surface area (Å²) in [6.45, 7) is 5.43. The molecule has 1 aromatic carbocycles. The molecule has 0 heterocycles. The first-order chi connectivity index (χ1) is 10.2. The number of rotatable bonds is 6. The zero-order chi connectivity index (χ0) is 16.8. The predicted molar refractivity (Wildman–Crippen MR) is 86.5 cm³/mol. The minimum Gasteiger partial charge on any atom is -0.444 e. The molecule has 0 aliphatic heterocycles. The molecule has 0 aromatic heterocycles. The van der Waals surface area contributed by atoms with Gasteiger partial charge >= 0.3 is 6.09 Å². The summed E-state index contributed by atoms with van der Waals surface area (Å²) in [4.78, 5) is 22.7. The van der Waals surface area contributed by atoms with Crippen LogP contribution in [-0.2, 0) is 9.53 Å². The minimum absolute atomic E-state index is 0.0738. The van der Waals surface area contributed by atoms with Crippen LogP contribution in [0.3, 0.4) is 0 Å². The highest BCUT2D eigenvalue weighted by Crippen LogP contribution is 2.15. The first kappa shape index (κ1) is 18.3. The van der Waals surface area contributed by atoms with Crippen molar-refractivity contribution in [3.8, 4) is 0 Å². The minimum atomic E-state index is -1.14. The number of halogens is 1. The van der Waals surface area contributed by atoms with Crippen molar-refractivity contribution in [2.45, 2.75) is 32.5 Å². The second kappa shape index (κ2) is 8.00. The van der Waals surface area contributed by atoms with Crippen LogP contribution in [-0.4, -0.2) is 41.1 Å². The van der Waals surface area contributed by atoms with E-state index in [4.69, 9.17) is 16.3 Å². The van der Waals surface area contributed by atoms with E-state index in [2.05, 4.69) is 10.6 Å². The van der Waals surface area contributed by atoms with Crippen molar-refractivity contribution < 1.29 is 19.4 Å². The van der Waals surface area contributed by atoms with Crippen LogP contribution < -0.4 is 10.6 Å². The molecule has 7 heteroatoms. The number of ether oxygens (including phenoxy) is 1. The largest absolute Gasteiger partial charge is 0.444 e. The van der Waals surface area contributed by atoms with E-state index < -0.39 is 23.6 Å². The number of aliphatic hydroxyl groups is 1. The third-order valence-electron chi connectivity index (χ3n) is 2.53. The molecule has 0 fully saturated rings. The van der Waals surface area contributed by atoms with Gasteiger partial charge in [0.15, 0.2) is 5.78 Å². The van der Waals surface area contributed by atoms with Gasteiger partial charge in [0.1, 0.15) is 11.7 Å². The number of benzene rings is 1. The van der Waals surface area contributed by atoms with Crippen LogP contribution in [0.1, 0.15) is 20.8 Å². The monoisotopic (exact) mass is 328 g/mol. The molecular formula is C15H21ClN2O4. The predicted octanol–water partition coefficient (Wildman–Crippen LogP) is 2.61. The van der Waals surface area contributed by atoms with Gasteiger partial charge in [-0.25, -0.2) is 4.79 Å². The summed E-state index contributed by atoms with van der Waals surface area (Å²) in [6.07, 6.45) is -1.67. The maximum Gasteiger partial charge on any atom is 0.412 e. The van der Waals surface area contributed by atoms with Gasteiger partial charge < -0.3 is 15.2 Å². The van der Waals surface area contributed by atoms with Crippen LogP contribution in [0.5, 0.6) is 0 Å². The molecule has 0 saturated heterocycles. The highest BCUT2D eigenvalue weighted by molar-refractivity contribution is 6.28. The Morgan fingerprint density at radius 2 is 1.77 bits per heavy atom. The molecule has 0 aliphatic carbocycles. The van der Waals surface area contributed by atoms with Crippen molar-refractivity contribution in [1.82, 2.24) is 0 Å². The Balaban J connectivity index is 2.49. The average molecular weight is 329 g/mol. The number of Topliss-reactive ketones (excluding diaryl/α,β-unsaturated/α-hetero) is 1. The van der Waals surface area contributed by atoms with Crippen LogP contribution in [0.15, 0.2) is 24.3 Å². The lowest BCUT2D eigenvalue weighted by Gasteiger charge is -2.19. The lowest BCUT2D eigenvalue weighted by Crippen LogP contribution is -2.29. The second-order valence-electron chi connectivity index (χ2n) is 5.70. The molecule has 1 aromatic rings. The van der Waals surface area contributed by atoms with E-state index >= 15 is 0 Å². The number of ketones is 1. The lowest BCUT2D eigenvalue weighted by atomic mass is 10.2. The van der Waals surface area contributed by atoms with Crippen molar-refractivity contribution in [3.05, 3.63) is 24.3 Å². The fourth-order valence-corrected chi connectivity index (χ4v) is 1.69. The third-order valence-corrected chi connectivity index (χ3v) is 2.80. The van der Waals surface area contributed by atoms with Gasteiger partial charge in [-0.05, 0) is 45.0 Å². The maximum atomic E-state index is 11.6. The van der Waals surface area contributed by atoms with Crippen molar-refractivity contribution in [2.75, 3.05) is 23.1 Å². The van der Waals surface area contributed by atoms with E-state index in [1.165, 1.54) is 0 Å². The topological polar surface area (TPSA) is 87.7 Å². The summed E-state index contributed by atoms with van der Waals surface area (Å²) >= 11 is 5.35. The second-order valence-corrected chi connectivity index (χ2v) is 5.97. The molecule has 1 atom stereocenters. The molecule has 1 unspecified atom stereocenters. The number of amides is 1. The Bertz CT molecular complexity index is 511. The van der Waals surface area contributed by atoms with Crippen LogP contribution in [0.25, 0.3) is 0 Å². The molecule has 122 valence electrons. The SMILES string of the molecule is CC(C)(C)OC(=O)Nc1ccc(NCC(O)C(=O)CCl)cc1. The molecule has 0 radical (unpaired) electrons. The van der Waals surface area contributed by atoms with Gasteiger partial charge in [0.25, 0.3) is 0 Å². The Labute approximate surface area is 134 Å². The molecule has 0 spiro atoms. The summed E-state index contributed by atoms with van der Waals surface area (Å²) in [5, 5.41) is 15.0. The number of nitrogens with one attached hydrogen (secondary N) is 2. The number of carbonyl (C=O) groups excluding carboxylic acids is 2. The van der Waals surface area contributed by atoms with E-state index in [1.807, 2.05) is 0 Å². The zero-order valence-corrected chi connectivity index (χ0v) is 13.6. The molecule has 3 N–H and O–H groups in total. The normalized spacial score (nSPS) is 12.4. The van der Waals surface area contributed by atoms with Crippen molar-refractivity contribution in [1.29, 1.82) is 0 Å². The maximum absolute atomic E-state index is 11.6. The van der Waals surface area contributed by atoms with Gasteiger partial charge in [-0.2, -0.15) is 0 Å². The zero-order valence-electron chi connectivity index (χ0n) is 12.9. The van der Waals surface area contributed by atoms with Crippen molar-refractivity contribution >= 4 is 34.9 Å². The Morgan fingerprint density at radius 1 is 1.23 bits per heavy atom. The van der Waals surface area contributed by atoms with Gasteiger partial charge in [0, 0.05) is 17.9 Å². The summed E-state index contributed by atoms with van der Waals surface area (Å²) in [7, 11) is 0. The average Bonchev–Trinajstić information content (AvgIpc) is 2.43. The quantitative estimate of drug-likeness (QED) is 0.699. The highest BCUT2D eigenvalue weighted by atomic mass is 35.5. The van der Waals surface area contributed by atoms with Gasteiger partial charge in [-0.15, -0.1) is 11.6 Å². The van der Waals surface area contributed by atoms with E-state index in [0.717, 1.165) is 0 Å². The summed E-state index contributed by atoms with van der Waals surface area (Å²) in [6, 6.07) is 6.79. The van der Waals surface area contributed by atoms with Crippen LogP contribution in [0.2, 0.25) is 0 Å². The fourth-order valence-electron chi connectivity index (χ4n) is 1.51. The molecule has 0 saturated carbocycles. The van der Waals surface area contributed by atoms with Gasteiger partial charge in [0.2, 0.25) is 0 Å². The number of hydrogen-bond acceptors (Lipinski definition) is 5. The van der Waals surface area contributed by atoms with Gasteiger partial charge in [-0.1, -0.05) is 0 Å². The van der Waals surface area contributed by atoms with E-state index in [-0.39, 0.29) is 12.4 Å². The molecule has 1 rings (SSSR count). The Morgan fingerprint density at radius 3 is 2.27 bits per heavy atom. The first-order valence-electron chi connectivity index (χ1n) is 6.82. The van der Waals surface area contributed by atoms with Crippen LogP contribution in [0, 0.1) is 0 Å². The summed E-state index contributed by atoms with van der Waals surface area (Å²) < 4.78 is 5.14. The third kappa shape index (κ3) is 6.78. The molecule has 0 bridgehead atoms. The summed E-state index contributed by atoms with van der Waals surface area (Å²) in [5.41, 5.74) is 0.727. The van der Waals surface area contributed by atoms with E-state index in [0.29, 0.717) is 11.4 Å². The van der Waals surface area contributed by atoms with Gasteiger partial charge in [0.05, 0.1) is 5.88 Å². The fraction of sp³-hybridized carbons (Fsp3) is 0.467. The molecule has 1 amide bonds. The number of alkyl halides is 1. The van der Waals surface area contributed by atoms with E-state index in [1.54, 1.807) is 45.0 Å². The Kier molecular flexibility index (Phi) is 6.64. The number of carbonyl (C=O) groups is 2. The molecular weight excluding hydrogens is 308 g/mol. The Hall–Kier alpha value is -1.79. The van der Waals surface area contributed by atoms with Crippen LogP contribution in [0.4, 0.5) is 16.2 Å². The summed E-state index contributed by atoms with van der Waals surface area (Å²) in [5.74, 6) is -0.654. The number of anilines is 2. The number of hydrogen-bond donors (Lipinski definition) is 3. The van der Waals surface area contributed by atoms with Crippen LogP contribution >= 0.6 is 11.6 Å². The first-order valence-corrected chi connectivity index (χ1v) is 7.35. The lowest BCUT2D eigenvalue weighted by molar-refractivity contribution is -0.123. The molecule has 0 aliphatic rings. The highest BCUT2D eigenvalue weighted by Gasteiger charge is 2.16. The van der Waals surface area contributed by atoms with Crippen molar-refractivity contribution in [2.24, 2.45) is 0 Å². The van der Waals surface area contributed by atoms with Crippen molar-refractivity contribution in [3.63, 3.8) is 0 Å². The smallest absolute Gasteiger partial charge is 0.412 e. The van der Waals surface area contributed by atoms with E-state index in [9.17, 15) is 14.7 Å². The molecule has 6 nitrogen and oxygen atoms in total. The standard InChI is InChI=1S/C15H21ClN2O4/c1-15(2,3)22-14(21)18-11-6-4-10(5-7-11)17-9-13(20)12(19)8-16/h4-7,13,17,20H,8-9H2,1-3H3,(H,18,21). The number of aliphatic hydroxyl groups excluding tert-OH is 1. The molecule has 22 heavy (non-hydrogen) atoms.